The molecule has 0 saturated carbocycles. The van der Waals surface area contributed by atoms with E-state index in [0.29, 0.717) is 75.0 Å². The highest BCUT2D eigenvalue weighted by Crippen LogP contribution is 2.67. The van der Waals surface area contributed by atoms with Crippen molar-refractivity contribution in [1.82, 2.24) is 0 Å². The van der Waals surface area contributed by atoms with Crippen molar-refractivity contribution in [2.24, 2.45) is 0 Å². The van der Waals surface area contributed by atoms with Crippen LogP contribution >= 0.6 is 69.1 Å². The van der Waals surface area contributed by atoms with Crippen molar-refractivity contribution in [3.63, 3.8) is 0 Å². The zero-order valence-corrected chi connectivity index (χ0v) is 46.8. The van der Waals surface area contributed by atoms with Crippen LogP contribution in [0.2, 0.25) is 20.1 Å². The van der Waals surface area contributed by atoms with Gasteiger partial charge in [0.15, 0.2) is 0 Å². The van der Waals surface area contributed by atoms with Gasteiger partial charge in [0, 0.05) is 96.9 Å². The van der Waals surface area contributed by atoms with Crippen LogP contribution in [-0.4, -0.2) is 32.0 Å². The SMILES string of the molecule is COc1ccc(Cc2sc(-c3ccc(N(c4ccc(Cl)cc4)c4ccc(Cl)cc4)cc3)cc2C2=C(c3cc(-c4ccc(N(c5ccc(Cl)cc5)c5ccc(Cl)cc5)cc4)sc3-c3ccc(OC)cc3)C(F)(F)C(F)(F)C2(F)F)cc1. The number of benzene rings is 8. The van der Waals surface area contributed by atoms with Gasteiger partial charge in [-0.05, 0) is 198 Å². The fraction of sp³-hybridized carbons (Fsp3) is 0.0938. The predicted molar refractivity (Wildman–Crippen MR) is 318 cm³/mol. The number of anilines is 6. The number of allylic oxidation sites excluding steroid dienone is 2. The van der Waals surface area contributed by atoms with Gasteiger partial charge in [-0.25, -0.2) is 0 Å². The van der Waals surface area contributed by atoms with Gasteiger partial charge in [0.05, 0.1) is 14.2 Å². The molecule has 0 fully saturated rings. The van der Waals surface area contributed by atoms with Crippen molar-refractivity contribution in [3.05, 3.63) is 248 Å². The third-order valence-corrected chi connectivity index (χ3v) is 17.2. The highest BCUT2D eigenvalue weighted by molar-refractivity contribution is 7.19. The van der Waals surface area contributed by atoms with Crippen LogP contribution in [0.3, 0.4) is 0 Å². The van der Waals surface area contributed by atoms with E-state index in [1.165, 1.54) is 26.4 Å². The summed E-state index contributed by atoms with van der Waals surface area (Å²) in [5, 5.41) is 2.15. The van der Waals surface area contributed by atoms with Gasteiger partial charge in [0.1, 0.15) is 11.5 Å². The third kappa shape index (κ3) is 10.3. The van der Waals surface area contributed by atoms with Gasteiger partial charge in [0.2, 0.25) is 0 Å². The van der Waals surface area contributed by atoms with E-state index in [2.05, 4.69) is 0 Å². The van der Waals surface area contributed by atoms with Gasteiger partial charge in [-0.2, -0.15) is 26.3 Å². The molecule has 8 aromatic carbocycles. The predicted octanol–water partition coefficient (Wildman–Crippen LogP) is 21.8. The van der Waals surface area contributed by atoms with Crippen LogP contribution in [0.1, 0.15) is 21.6 Å². The molecule has 0 bridgehead atoms. The molecular formula is C64H42Cl4F6N2O2S2. The maximum absolute atomic E-state index is 17.3. The summed E-state index contributed by atoms with van der Waals surface area (Å²) >= 11 is 27.2. The average Bonchev–Trinajstić information content (AvgIpc) is 4.34. The Balaban J connectivity index is 1.08. The number of nitrogens with zero attached hydrogens (tertiary/aromatic N) is 2. The van der Waals surface area contributed by atoms with E-state index in [-0.39, 0.29) is 16.2 Å². The molecule has 1 aliphatic carbocycles. The molecule has 16 heteroatoms. The second-order valence-electron chi connectivity index (χ2n) is 18.7. The molecule has 0 N–H and O–H groups in total. The van der Waals surface area contributed by atoms with Crippen LogP contribution in [0.15, 0.2) is 206 Å². The van der Waals surface area contributed by atoms with E-state index < -0.39 is 40.0 Å². The Labute approximate surface area is 485 Å². The van der Waals surface area contributed by atoms with Crippen LogP contribution < -0.4 is 19.3 Å². The number of hydrogen-bond donors (Lipinski definition) is 0. The molecule has 11 rings (SSSR count). The van der Waals surface area contributed by atoms with Crippen molar-refractivity contribution in [3.8, 4) is 42.8 Å². The lowest BCUT2D eigenvalue weighted by molar-refractivity contribution is -0.254. The minimum absolute atomic E-state index is 0.0668. The van der Waals surface area contributed by atoms with Gasteiger partial charge in [-0.1, -0.05) is 82.8 Å². The Morgan fingerprint density at radius 3 is 1.07 bits per heavy atom. The van der Waals surface area contributed by atoms with Crippen LogP contribution in [-0.2, 0) is 6.42 Å². The Kier molecular flexibility index (Phi) is 15.1. The van der Waals surface area contributed by atoms with Crippen molar-refractivity contribution in [2.45, 2.75) is 24.2 Å². The van der Waals surface area contributed by atoms with E-state index in [1.54, 1.807) is 121 Å². The Bertz CT molecular complexity index is 3780. The third-order valence-electron chi connectivity index (χ3n) is 13.8. The number of thiophene rings is 2. The number of ether oxygens (including phenoxy) is 2. The van der Waals surface area contributed by atoms with Crippen molar-refractivity contribution in [2.75, 3.05) is 24.0 Å². The summed E-state index contributed by atoms with van der Waals surface area (Å²) in [5.74, 6) is -15.6. The second kappa shape index (κ2) is 22.1. The molecule has 0 saturated heterocycles. The van der Waals surface area contributed by atoms with Gasteiger partial charge < -0.3 is 19.3 Å². The minimum Gasteiger partial charge on any atom is -0.497 e. The fourth-order valence-corrected chi connectivity index (χ4v) is 12.6. The molecule has 10 aromatic rings. The van der Waals surface area contributed by atoms with E-state index >= 15 is 26.3 Å². The fourth-order valence-electron chi connectivity index (χ4n) is 9.76. The van der Waals surface area contributed by atoms with Gasteiger partial charge in [-0.3, -0.25) is 0 Å². The summed E-state index contributed by atoms with van der Waals surface area (Å²) in [6.07, 6.45) is -0.0668. The quantitative estimate of drug-likeness (QED) is 0.0955. The molecule has 80 heavy (non-hydrogen) atoms. The lowest BCUT2D eigenvalue weighted by Crippen LogP contribution is -2.48. The Morgan fingerprint density at radius 1 is 0.388 bits per heavy atom. The number of halogens is 10. The smallest absolute Gasteiger partial charge is 0.380 e. The highest BCUT2D eigenvalue weighted by Gasteiger charge is 2.80. The molecule has 0 amide bonds. The van der Waals surface area contributed by atoms with Crippen LogP contribution in [0.5, 0.6) is 11.5 Å². The standard InChI is InChI=1S/C64H42Cl4F6N2O2S2/c1-77-52-31-3-38(4-32-52)35-58-54(36-56(79-58)39-5-19-46(20-6-39)75(48-23-11-42(65)12-24-48)49-25-13-43(66)14-26-49)59-60(63(71,72)64(73,74)62(59,69)70)55-37-57(80-61(55)41-9-33-53(78-2)34-10-41)40-7-21-47(22-8-40)76(50-27-15-44(67)16-28-50)51-29-17-45(68)18-30-51/h3-34,36-37H,35H2,1-2H3. The van der Waals surface area contributed by atoms with E-state index in [0.717, 1.165) is 45.4 Å². The van der Waals surface area contributed by atoms with Gasteiger partial charge in [0.25, 0.3) is 0 Å². The molecule has 4 nitrogen and oxygen atoms in total. The Hall–Kier alpha value is -7.16. The van der Waals surface area contributed by atoms with Crippen molar-refractivity contribution >= 4 is 114 Å². The number of rotatable bonds is 15. The molecule has 2 heterocycles. The zero-order chi connectivity index (χ0) is 56.1. The monoisotopic (exact) mass is 1190 g/mol. The topological polar surface area (TPSA) is 24.9 Å². The normalized spacial score (nSPS) is 14.3. The summed E-state index contributed by atoms with van der Waals surface area (Å²) in [7, 11) is 2.95. The molecule has 2 aromatic heterocycles. The Morgan fingerprint density at radius 2 is 0.700 bits per heavy atom. The highest BCUT2D eigenvalue weighted by atomic mass is 35.5. The van der Waals surface area contributed by atoms with Crippen molar-refractivity contribution in [1.29, 1.82) is 0 Å². The van der Waals surface area contributed by atoms with Crippen LogP contribution in [0.25, 0.3) is 42.5 Å². The molecule has 0 spiro atoms. The summed E-state index contributed by atoms with van der Waals surface area (Å²) in [5.41, 5.74) is 2.64. The maximum atomic E-state index is 17.3. The van der Waals surface area contributed by atoms with Gasteiger partial charge >= 0.3 is 17.8 Å². The molecular weight excluding hydrogens is 1150 g/mol. The van der Waals surface area contributed by atoms with Gasteiger partial charge in [-0.15, -0.1) is 22.7 Å². The van der Waals surface area contributed by atoms with Crippen LogP contribution in [0.4, 0.5) is 60.5 Å². The lowest BCUT2D eigenvalue weighted by atomic mass is 9.92. The van der Waals surface area contributed by atoms with E-state index in [4.69, 9.17) is 55.9 Å². The number of hydrogen-bond acceptors (Lipinski definition) is 6. The first-order chi connectivity index (χ1) is 38.4. The summed E-state index contributed by atoms with van der Waals surface area (Å²) < 4.78 is 113. The second-order valence-corrected chi connectivity index (χ2v) is 22.6. The first-order valence-electron chi connectivity index (χ1n) is 24.7. The molecule has 0 unspecified atom stereocenters. The zero-order valence-electron chi connectivity index (χ0n) is 42.1. The lowest BCUT2D eigenvalue weighted by Gasteiger charge is -2.26. The summed E-state index contributed by atoms with van der Waals surface area (Å²) in [6.45, 7) is 0. The molecule has 402 valence electrons. The summed E-state index contributed by atoms with van der Waals surface area (Å²) in [4.78, 5) is 4.91. The number of methoxy groups -OCH3 is 2. The van der Waals surface area contributed by atoms with Crippen molar-refractivity contribution < 1.29 is 35.8 Å². The molecule has 0 atom stereocenters. The minimum atomic E-state index is -5.85. The molecule has 1 aliphatic rings. The maximum Gasteiger partial charge on any atom is 0.380 e. The first kappa shape index (κ1) is 54.8. The van der Waals surface area contributed by atoms with E-state index in [9.17, 15) is 0 Å². The number of alkyl halides is 6. The molecule has 0 radical (unpaired) electrons. The van der Waals surface area contributed by atoms with Crippen LogP contribution in [0, 0.1) is 0 Å². The largest absolute Gasteiger partial charge is 0.497 e. The first-order valence-corrected chi connectivity index (χ1v) is 27.9. The molecule has 0 aliphatic heterocycles. The van der Waals surface area contributed by atoms with E-state index in [1.807, 2.05) is 82.6 Å². The average molecular weight is 1190 g/mol. The summed E-state index contributed by atoms with van der Waals surface area (Å²) in [6, 6.07) is 59.1.